The summed E-state index contributed by atoms with van der Waals surface area (Å²) >= 11 is 0. The molecule has 0 aliphatic carbocycles. The van der Waals surface area contributed by atoms with Gasteiger partial charge in [0.25, 0.3) is 5.91 Å². The smallest absolute Gasteiger partial charge is 0.256 e. The molecule has 0 N–H and O–H groups in total. The molecular weight excluding hydrogens is 397 g/mol. The molecule has 6 nitrogen and oxygen atoms in total. The first-order chi connectivity index (χ1) is 15.0. The lowest BCUT2D eigenvalue weighted by atomic mass is 10.1. The second kappa shape index (κ2) is 9.29. The number of hydrogen-bond donors (Lipinski definition) is 0. The predicted octanol–water partition coefficient (Wildman–Crippen LogP) is 2.55. The van der Waals surface area contributed by atoms with Crippen LogP contribution in [0.3, 0.4) is 0 Å². The summed E-state index contributed by atoms with van der Waals surface area (Å²) in [4.78, 5) is 43.3. The van der Waals surface area contributed by atoms with E-state index in [0.717, 1.165) is 5.56 Å². The minimum atomic E-state index is -0.535. The van der Waals surface area contributed by atoms with Crippen LogP contribution in [0.1, 0.15) is 28.8 Å². The lowest BCUT2D eigenvalue weighted by Gasteiger charge is -2.25. The van der Waals surface area contributed by atoms with Gasteiger partial charge in [-0.3, -0.25) is 14.4 Å². The van der Waals surface area contributed by atoms with Crippen molar-refractivity contribution < 1.29 is 18.8 Å². The van der Waals surface area contributed by atoms with Gasteiger partial charge in [-0.25, -0.2) is 4.39 Å². The topological polar surface area (TPSA) is 60.9 Å². The van der Waals surface area contributed by atoms with Crippen LogP contribution in [0.25, 0.3) is 0 Å². The van der Waals surface area contributed by atoms with Gasteiger partial charge >= 0.3 is 0 Å². The summed E-state index contributed by atoms with van der Waals surface area (Å²) in [5, 5.41) is 0. The van der Waals surface area contributed by atoms with Crippen LogP contribution in [0, 0.1) is 11.7 Å². The van der Waals surface area contributed by atoms with Gasteiger partial charge in [-0.05, 0) is 24.1 Å². The quantitative estimate of drug-likeness (QED) is 0.759. The molecule has 0 aromatic heterocycles. The van der Waals surface area contributed by atoms with Crippen LogP contribution in [-0.2, 0) is 16.1 Å². The Labute approximate surface area is 181 Å². The summed E-state index contributed by atoms with van der Waals surface area (Å²) in [6.07, 6.45) is 0.848. The van der Waals surface area contributed by atoms with Crippen molar-refractivity contribution in [1.29, 1.82) is 0 Å². The van der Waals surface area contributed by atoms with Crippen LogP contribution < -0.4 is 0 Å². The van der Waals surface area contributed by atoms with Crippen molar-refractivity contribution in [3.05, 3.63) is 71.5 Å². The zero-order valence-electron chi connectivity index (χ0n) is 17.4. The molecule has 7 heteroatoms. The highest BCUT2D eigenvalue weighted by Crippen LogP contribution is 2.23. The molecule has 2 saturated heterocycles. The monoisotopic (exact) mass is 423 g/mol. The second-order valence-electron chi connectivity index (χ2n) is 8.11. The SMILES string of the molecule is O=C1CC(C(=O)N2CCCN(C(=O)c3ccccc3F)CC2)CN1Cc1ccccc1. The van der Waals surface area contributed by atoms with Crippen LogP contribution in [0.5, 0.6) is 0 Å². The molecule has 0 radical (unpaired) electrons. The van der Waals surface area contributed by atoms with Crippen LogP contribution in [-0.4, -0.2) is 65.1 Å². The number of benzene rings is 2. The van der Waals surface area contributed by atoms with E-state index in [1.165, 1.54) is 12.1 Å². The molecule has 31 heavy (non-hydrogen) atoms. The fourth-order valence-electron chi connectivity index (χ4n) is 4.30. The summed E-state index contributed by atoms with van der Waals surface area (Å²) in [6.45, 7) is 2.68. The average Bonchev–Trinajstić information content (AvgIpc) is 2.99. The molecule has 2 aromatic carbocycles. The van der Waals surface area contributed by atoms with E-state index in [2.05, 4.69) is 0 Å². The summed E-state index contributed by atoms with van der Waals surface area (Å²) in [6, 6.07) is 15.7. The number of halogens is 1. The van der Waals surface area contributed by atoms with E-state index in [1.54, 1.807) is 26.8 Å². The lowest BCUT2D eigenvalue weighted by Crippen LogP contribution is -2.40. The van der Waals surface area contributed by atoms with E-state index in [9.17, 15) is 18.8 Å². The maximum absolute atomic E-state index is 14.0. The molecule has 2 aliphatic heterocycles. The van der Waals surface area contributed by atoms with Gasteiger partial charge in [-0.2, -0.15) is 0 Å². The second-order valence-corrected chi connectivity index (χ2v) is 8.11. The molecule has 0 spiro atoms. The van der Waals surface area contributed by atoms with E-state index in [1.807, 2.05) is 30.3 Å². The van der Waals surface area contributed by atoms with E-state index in [4.69, 9.17) is 0 Å². The van der Waals surface area contributed by atoms with Crippen LogP contribution in [0.15, 0.2) is 54.6 Å². The third kappa shape index (κ3) is 4.76. The van der Waals surface area contributed by atoms with Crippen molar-refractivity contribution in [2.45, 2.75) is 19.4 Å². The standard InChI is InChI=1S/C24H26FN3O3/c25-21-10-5-4-9-20(21)24(31)27-12-6-11-26(13-14-27)23(30)19-15-22(29)28(17-19)16-18-7-2-1-3-8-18/h1-5,7-10,19H,6,11-17H2. The third-order valence-electron chi connectivity index (χ3n) is 5.98. The van der Waals surface area contributed by atoms with Gasteiger partial charge in [-0.15, -0.1) is 0 Å². The van der Waals surface area contributed by atoms with E-state index in [-0.39, 0.29) is 35.6 Å². The van der Waals surface area contributed by atoms with Gasteiger partial charge < -0.3 is 14.7 Å². The van der Waals surface area contributed by atoms with Crippen molar-refractivity contribution in [1.82, 2.24) is 14.7 Å². The Bertz CT molecular complexity index is 966. The zero-order chi connectivity index (χ0) is 21.8. The number of carbonyl (C=O) groups excluding carboxylic acids is 3. The van der Waals surface area contributed by atoms with Crippen LogP contribution in [0.4, 0.5) is 4.39 Å². The molecule has 4 rings (SSSR count). The normalized spacial score (nSPS) is 19.5. The molecule has 162 valence electrons. The van der Waals surface area contributed by atoms with Crippen molar-refractivity contribution in [3.63, 3.8) is 0 Å². The Balaban J connectivity index is 1.35. The molecule has 1 unspecified atom stereocenters. The summed E-state index contributed by atoms with van der Waals surface area (Å²) in [7, 11) is 0. The first-order valence-corrected chi connectivity index (χ1v) is 10.7. The van der Waals surface area contributed by atoms with Crippen LogP contribution >= 0.6 is 0 Å². The summed E-state index contributed by atoms with van der Waals surface area (Å²) < 4.78 is 14.0. The highest BCUT2D eigenvalue weighted by Gasteiger charge is 2.37. The van der Waals surface area contributed by atoms with Gasteiger partial charge in [-0.1, -0.05) is 42.5 Å². The fourth-order valence-corrected chi connectivity index (χ4v) is 4.30. The number of hydrogen-bond acceptors (Lipinski definition) is 3. The molecule has 3 amide bonds. The van der Waals surface area contributed by atoms with Gasteiger partial charge in [0, 0.05) is 45.7 Å². The maximum atomic E-state index is 14.0. The minimum absolute atomic E-state index is 0.00613. The summed E-state index contributed by atoms with van der Waals surface area (Å²) in [5.74, 6) is -1.28. The molecule has 1 atom stereocenters. The number of nitrogens with zero attached hydrogens (tertiary/aromatic N) is 3. The van der Waals surface area contributed by atoms with Crippen LogP contribution in [0.2, 0.25) is 0 Å². The van der Waals surface area contributed by atoms with Crippen molar-refractivity contribution in [3.8, 4) is 0 Å². The Morgan fingerprint density at radius 3 is 2.35 bits per heavy atom. The number of amides is 3. The number of likely N-dealkylation sites (tertiary alicyclic amines) is 1. The molecule has 0 saturated carbocycles. The first kappa shape index (κ1) is 21.0. The van der Waals surface area contributed by atoms with Gasteiger partial charge in [0.15, 0.2) is 0 Å². The molecule has 2 aliphatic rings. The number of rotatable bonds is 4. The van der Waals surface area contributed by atoms with Gasteiger partial charge in [0.2, 0.25) is 11.8 Å². The van der Waals surface area contributed by atoms with E-state index < -0.39 is 5.82 Å². The van der Waals surface area contributed by atoms with Gasteiger partial charge in [0.1, 0.15) is 5.82 Å². The van der Waals surface area contributed by atoms with Crippen molar-refractivity contribution in [2.24, 2.45) is 5.92 Å². The Hall–Kier alpha value is -3.22. The first-order valence-electron chi connectivity index (χ1n) is 10.7. The molecule has 2 fully saturated rings. The predicted molar refractivity (Wildman–Crippen MR) is 113 cm³/mol. The van der Waals surface area contributed by atoms with E-state index >= 15 is 0 Å². The van der Waals surface area contributed by atoms with Crippen molar-refractivity contribution in [2.75, 3.05) is 32.7 Å². The number of carbonyl (C=O) groups is 3. The van der Waals surface area contributed by atoms with Crippen molar-refractivity contribution >= 4 is 17.7 Å². The zero-order valence-corrected chi connectivity index (χ0v) is 17.4. The average molecular weight is 423 g/mol. The maximum Gasteiger partial charge on any atom is 0.256 e. The Morgan fingerprint density at radius 2 is 1.58 bits per heavy atom. The molecule has 2 heterocycles. The minimum Gasteiger partial charge on any atom is -0.341 e. The van der Waals surface area contributed by atoms with E-state index in [0.29, 0.717) is 45.7 Å². The molecular formula is C24H26FN3O3. The highest BCUT2D eigenvalue weighted by molar-refractivity contribution is 5.94. The third-order valence-corrected chi connectivity index (χ3v) is 5.98. The largest absolute Gasteiger partial charge is 0.341 e. The fraction of sp³-hybridized carbons (Fsp3) is 0.375. The highest BCUT2D eigenvalue weighted by atomic mass is 19.1. The lowest BCUT2D eigenvalue weighted by molar-refractivity contribution is -0.135. The Morgan fingerprint density at radius 1 is 0.903 bits per heavy atom. The Kier molecular flexibility index (Phi) is 6.30. The van der Waals surface area contributed by atoms with Gasteiger partial charge in [0.05, 0.1) is 11.5 Å². The molecule has 2 aromatic rings. The summed E-state index contributed by atoms with van der Waals surface area (Å²) in [5.41, 5.74) is 1.10. The molecule has 0 bridgehead atoms.